The molecule has 0 aromatic rings. The highest BCUT2D eigenvalue weighted by molar-refractivity contribution is 4.63. The average molecular weight is 403 g/mol. The second-order valence-corrected chi connectivity index (χ2v) is 7.69. The number of rotatable bonds is 21. The number of hydrogen-bond acceptors (Lipinski definition) is 6. The molecule has 2 N–H and O–H groups in total. The van der Waals surface area contributed by atoms with Crippen molar-refractivity contribution in [2.24, 2.45) is 0 Å². The first-order valence-electron chi connectivity index (χ1n) is 11.2. The third-order valence-electron chi connectivity index (χ3n) is 5.10. The van der Waals surface area contributed by atoms with Crippen LogP contribution >= 0.6 is 0 Å². The summed E-state index contributed by atoms with van der Waals surface area (Å²) in [6, 6.07) is -0.940. The molecule has 8 nitrogen and oxygen atoms in total. The summed E-state index contributed by atoms with van der Waals surface area (Å²) in [5.41, 5.74) is 0. The van der Waals surface area contributed by atoms with E-state index in [0.717, 1.165) is 77.3 Å². The van der Waals surface area contributed by atoms with Gasteiger partial charge in [0.2, 0.25) is 12.1 Å². The summed E-state index contributed by atoms with van der Waals surface area (Å²) in [6.45, 7) is 6.74. The van der Waals surface area contributed by atoms with Crippen molar-refractivity contribution in [1.29, 1.82) is 0 Å². The van der Waals surface area contributed by atoms with Crippen LogP contribution < -0.4 is 10.6 Å². The van der Waals surface area contributed by atoms with Crippen LogP contribution in [0, 0.1) is 20.2 Å². The Kier molecular flexibility index (Phi) is 18.2. The van der Waals surface area contributed by atoms with Crippen LogP contribution in [0.4, 0.5) is 0 Å². The Morgan fingerprint density at radius 2 is 1.04 bits per heavy atom. The Morgan fingerprint density at radius 3 is 1.36 bits per heavy atom. The smallest absolute Gasteiger partial charge is 0.225 e. The van der Waals surface area contributed by atoms with Gasteiger partial charge in [0.05, 0.1) is 13.1 Å². The van der Waals surface area contributed by atoms with Gasteiger partial charge in [-0.2, -0.15) is 0 Å². The minimum absolute atomic E-state index is 0.158. The van der Waals surface area contributed by atoms with Crippen LogP contribution in [0.2, 0.25) is 0 Å². The van der Waals surface area contributed by atoms with Gasteiger partial charge < -0.3 is 10.6 Å². The Morgan fingerprint density at radius 1 is 0.643 bits per heavy atom. The van der Waals surface area contributed by atoms with E-state index in [1.165, 1.54) is 0 Å². The standard InChI is InChI=1S/C20H42N4O4/c1-3-5-9-13-19(23(25)26)17-21-15-11-7-8-12-16-22-18-20(24(27)28)14-10-6-4-2/h19-22H,3-18H2,1-2H3. The zero-order valence-electron chi connectivity index (χ0n) is 18.0. The minimum Gasteiger partial charge on any atom is -0.310 e. The van der Waals surface area contributed by atoms with Crippen LogP contribution in [0.3, 0.4) is 0 Å². The van der Waals surface area contributed by atoms with Gasteiger partial charge in [-0.05, 0) is 38.8 Å². The molecule has 0 spiro atoms. The van der Waals surface area contributed by atoms with Crippen molar-refractivity contribution >= 4 is 0 Å². The molecule has 2 unspecified atom stereocenters. The molecule has 0 aromatic carbocycles. The second kappa shape index (κ2) is 19.1. The number of unbranched alkanes of at least 4 members (excludes halogenated alkanes) is 7. The molecule has 0 fully saturated rings. The highest BCUT2D eigenvalue weighted by Crippen LogP contribution is 2.07. The number of hydrogen-bond donors (Lipinski definition) is 2. The van der Waals surface area contributed by atoms with Gasteiger partial charge in [0, 0.05) is 22.7 Å². The molecular weight excluding hydrogens is 360 g/mol. The van der Waals surface area contributed by atoms with Gasteiger partial charge in [-0.25, -0.2) is 0 Å². The summed E-state index contributed by atoms with van der Waals surface area (Å²) in [7, 11) is 0. The van der Waals surface area contributed by atoms with Gasteiger partial charge in [-0.15, -0.1) is 0 Å². The van der Waals surface area contributed by atoms with Gasteiger partial charge in [0.15, 0.2) is 0 Å². The Bertz CT molecular complexity index is 360. The first kappa shape index (κ1) is 26.7. The fourth-order valence-electron chi connectivity index (χ4n) is 3.21. The van der Waals surface area contributed by atoms with Crippen molar-refractivity contribution in [3.63, 3.8) is 0 Å². The summed E-state index contributed by atoms with van der Waals surface area (Å²) in [5.74, 6) is 0. The van der Waals surface area contributed by atoms with Crippen LogP contribution in [-0.4, -0.2) is 48.1 Å². The maximum Gasteiger partial charge on any atom is 0.225 e. The fourth-order valence-corrected chi connectivity index (χ4v) is 3.21. The fraction of sp³-hybridized carbons (Fsp3) is 1.00. The van der Waals surface area contributed by atoms with Crippen molar-refractivity contribution in [3.8, 4) is 0 Å². The molecule has 0 aliphatic rings. The Labute approximate surface area is 170 Å². The normalized spacial score (nSPS) is 13.4. The molecule has 28 heavy (non-hydrogen) atoms. The molecule has 0 radical (unpaired) electrons. The molecule has 0 heterocycles. The molecule has 0 aliphatic heterocycles. The number of nitrogens with one attached hydrogen (secondary N) is 2. The number of nitrogens with zero attached hydrogens (tertiary/aromatic N) is 2. The summed E-state index contributed by atoms with van der Waals surface area (Å²) >= 11 is 0. The van der Waals surface area contributed by atoms with Gasteiger partial charge in [-0.3, -0.25) is 20.2 Å². The van der Waals surface area contributed by atoms with E-state index in [-0.39, 0.29) is 9.85 Å². The van der Waals surface area contributed by atoms with E-state index < -0.39 is 12.1 Å². The van der Waals surface area contributed by atoms with Crippen molar-refractivity contribution in [2.75, 3.05) is 26.2 Å². The third kappa shape index (κ3) is 15.7. The lowest BCUT2D eigenvalue weighted by Gasteiger charge is -2.11. The zero-order chi connectivity index (χ0) is 21.0. The highest BCUT2D eigenvalue weighted by atomic mass is 16.6. The van der Waals surface area contributed by atoms with Crippen LogP contribution in [-0.2, 0) is 0 Å². The predicted octanol–water partition coefficient (Wildman–Crippen LogP) is 4.18. The van der Waals surface area contributed by atoms with E-state index in [1.807, 2.05) is 0 Å². The largest absolute Gasteiger partial charge is 0.310 e. The quantitative estimate of drug-likeness (QED) is 0.169. The molecule has 2 atom stereocenters. The van der Waals surface area contributed by atoms with Crippen LogP contribution in [0.1, 0.15) is 90.9 Å². The predicted molar refractivity (Wildman–Crippen MR) is 114 cm³/mol. The van der Waals surface area contributed by atoms with E-state index >= 15 is 0 Å². The average Bonchev–Trinajstić information content (AvgIpc) is 2.66. The monoisotopic (exact) mass is 402 g/mol. The molecule has 0 saturated heterocycles. The maximum absolute atomic E-state index is 11.0. The van der Waals surface area contributed by atoms with E-state index in [1.54, 1.807) is 0 Å². The summed E-state index contributed by atoms with van der Waals surface area (Å²) in [6.07, 6.45) is 11.6. The van der Waals surface area contributed by atoms with E-state index in [4.69, 9.17) is 0 Å². The van der Waals surface area contributed by atoms with E-state index in [2.05, 4.69) is 24.5 Å². The Balaban J connectivity index is 3.59. The molecule has 0 amide bonds. The van der Waals surface area contributed by atoms with Crippen LogP contribution in [0.5, 0.6) is 0 Å². The maximum atomic E-state index is 11.0. The molecule has 8 heteroatoms. The van der Waals surface area contributed by atoms with Crippen molar-refractivity contribution in [2.45, 2.75) is 103 Å². The SMILES string of the molecule is CCCCCC(CNCCCCCCNCC(CCCCC)[N+](=O)[O-])[N+](=O)[O-]. The minimum atomic E-state index is -0.470. The van der Waals surface area contributed by atoms with Crippen molar-refractivity contribution in [1.82, 2.24) is 10.6 Å². The van der Waals surface area contributed by atoms with Gasteiger partial charge in [-0.1, -0.05) is 52.4 Å². The lowest BCUT2D eigenvalue weighted by molar-refractivity contribution is -0.521. The topological polar surface area (TPSA) is 110 Å². The van der Waals surface area contributed by atoms with Gasteiger partial charge in [0.25, 0.3) is 0 Å². The summed E-state index contributed by atoms with van der Waals surface area (Å²) in [5, 5.41) is 28.5. The van der Waals surface area contributed by atoms with Crippen LogP contribution in [0.15, 0.2) is 0 Å². The molecular formula is C20H42N4O4. The van der Waals surface area contributed by atoms with Gasteiger partial charge >= 0.3 is 0 Å². The second-order valence-electron chi connectivity index (χ2n) is 7.69. The molecule has 0 aromatic heterocycles. The summed E-state index contributed by atoms with van der Waals surface area (Å²) in [4.78, 5) is 21.8. The van der Waals surface area contributed by atoms with E-state index in [9.17, 15) is 20.2 Å². The van der Waals surface area contributed by atoms with E-state index in [0.29, 0.717) is 25.9 Å². The van der Waals surface area contributed by atoms with Crippen molar-refractivity contribution < 1.29 is 9.85 Å². The molecule has 0 aliphatic carbocycles. The molecule has 0 bridgehead atoms. The van der Waals surface area contributed by atoms with Gasteiger partial charge in [0.1, 0.15) is 0 Å². The highest BCUT2D eigenvalue weighted by Gasteiger charge is 2.19. The zero-order valence-corrected chi connectivity index (χ0v) is 18.0. The molecule has 0 saturated carbocycles. The Hall–Kier alpha value is -1.28. The lowest BCUT2D eigenvalue weighted by atomic mass is 10.1. The number of nitro groups is 2. The third-order valence-corrected chi connectivity index (χ3v) is 5.10. The first-order valence-corrected chi connectivity index (χ1v) is 11.2. The van der Waals surface area contributed by atoms with Crippen molar-refractivity contribution in [3.05, 3.63) is 20.2 Å². The first-order chi connectivity index (χ1) is 13.5. The lowest BCUT2D eigenvalue weighted by Crippen LogP contribution is -2.33. The summed E-state index contributed by atoms with van der Waals surface area (Å²) < 4.78 is 0. The van der Waals surface area contributed by atoms with Crippen LogP contribution in [0.25, 0.3) is 0 Å². The molecule has 0 rings (SSSR count). The molecule has 166 valence electrons.